The van der Waals surface area contributed by atoms with Gasteiger partial charge in [-0.05, 0) is 68.1 Å². The van der Waals surface area contributed by atoms with Gasteiger partial charge in [-0.3, -0.25) is 4.90 Å². The van der Waals surface area contributed by atoms with Gasteiger partial charge in [0.05, 0.1) is 11.6 Å². The lowest BCUT2D eigenvalue weighted by Gasteiger charge is -2.52. The Kier molecular flexibility index (Phi) is 5.43. The number of piperidine rings is 3. The summed E-state index contributed by atoms with van der Waals surface area (Å²) < 4.78 is 40.4. The van der Waals surface area contributed by atoms with Crippen molar-refractivity contribution in [1.82, 2.24) is 10.2 Å². The van der Waals surface area contributed by atoms with Gasteiger partial charge >= 0.3 is 6.18 Å². The van der Waals surface area contributed by atoms with Crippen molar-refractivity contribution in [1.29, 1.82) is 0 Å². The van der Waals surface area contributed by atoms with E-state index >= 15 is 0 Å². The summed E-state index contributed by atoms with van der Waals surface area (Å²) in [5.74, 6) is 0.453. The summed E-state index contributed by atoms with van der Waals surface area (Å²) >= 11 is 6.22. The van der Waals surface area contributed by atoms with Crippen LogP contribution in [-0.2, 0) is 6.18 Å². The highest BCUT2D eigenvalue weighted by molar-refractivity contribution is 6.30. The van der Waals surface area contributed by atoms with Crippen LogP contribution in [0.4, 0.5) is 13.2 Å². The van der Waals surface area contributed by atoms with Crippen LogP contribution in [0, 0.1) is 5.92 Å². The van der Waals surface area contributed by atoms with Crippen LogP contribution >= 0.6 is 11.6 Å². The summed E-state index contributed by atoms with van der Waals surface area (Å²) in [4.78, 5) is 2.44. The van der Waals surface area contributed by atoms with Gasteiger partial charge in [0, 0.05) is 17.1 Å². The summed E-state index contributed by atoms with van der Waals surface area (Å²) in [7, 11) is 0. The van der Waals surface area contributed by atoms with Crippen molar-refractivity contribution in [3.05, 3.63) is 70.2 Å². The summed E-state index contributed by atoms with van der Waals surface area (Å²) in [6, 6.07) is 13.5. The molecule has 0 aromatic heterocycles. The Morgan fingerprint density at radius 3 is 2.46 bits per heavy atom. The molecular weight excluding hydrogens is 385 g/mol. The van der Waals surface area contributed by atoms with E-state index in [4.69, 9.17) is 11.6 Å². The average molecular weight is 409 g/mol. The molecule has 0 saturated carbocycles. The first-order valence-corrected chi connectivity index (χ1v) is 10.1. The molecule has 3 aliphatic rings. The number of rotatable bonds is 4. The molecule has 3 fully saturated rings. The van der Waals surface area contributed by atoms with Crippen molar-refractivity contribution in [3.8, 4) is 0 Å². The third-order valence-corrected chi connectivity index (χ3v) is 6.42. The number of alkyl halides is 3. The lowest BCUT2D eigenvalue weighted by Crippen LogP contribution is -2.58. The molecule has 0 radical (unpaired) electrons. The number of fused-ring (bicyclic) bond motifs is 3. The van der Waals surface area contributed by atoms with Gasteiger partial charge < -0.3 is 5.32 Å². The largest absolute Gasteiger partial charge is 0.416 e. The number of hydrogen-bond acceptors (Lipinski definition) is 2. The molecule has 2 aromatic carbocycles. The van der Waals surface area contributed by atoms with Crippen LogP contribution in [0.2, 0.25) is 5.02 Å². The van der Waals surface area contributed by atoms with Crippen molar-refractivity contribution < 1.29 is 13.2 Å². The molecule has 2 bridgehead atoms. The van der Waals surface area contributed by atoms with E-state index in [1.807, 2.05) is 25.1 Å². The SMILES string of the molecule is CC(NC1C2CCN(CC2)C1c1cccc(Cl)c1)c1ccccc1C(F)(F)F. The third-order valence-electron chi connectivity index (χ3n) is 6.18. The molecule has 1 N–H and O–H groups in total. The Balaban J connectivity index is 1.64. The molecule has 3 saturated heterocycles. The van der Waals surface area contributed by atoms with Crippen molar-refractivity contribution in [2.24, 2.45) is 5.92 Å². The molecule has 28 heavy (non-hydrogen) atoms. The maximum Gasteiger partial charge on any atom is 0.416 e. The molecule has 3 aliphatic heterocycles. The highest BCUT2D eigenvalue weighted by Crippen LogP contribution is 2.43. The topological polar surface area (TPSA) is 15.3 Å². The predicted molar refractivity (Wildman–Crippen MR) is 105 cm³/mol. The van der Waals surface area contributed by atoms with Gasteiger partial charge in [-0.15, -0.1) is 0 Å². The Morgan fingerprint density at radius 2 is 1.79 bits per heavy atom. The van der Waals surface area contributed by atoms with Crippen LogP contribution in [0.25, 0.3) is 0 Å². The second kappa shape index (κ2) is 7.69. The van der Waals surface area contributed by atoms with Gasteiger partial charge in [-0.1, -0.05) is 41.9 Å². The van der Waals surface area contributed by atoms with E-state index in [9.17, 15) is 13.2 Å². The smallest absolute Gasteiger partial charge is 0.305 e. The molecule has 5 rings (SSSR count). The Hall–Kier alpha value is -1.56. The van der Waals surface area contributed by atoms with Crippen LogP contribution < -0.4 is 5.32 Å². The average Bonchev–Trinajstić information content (AvgIpc) is 2.68. The van der Waals surface area contributed by atoms with Gasteiger partial charge in [0.15, 0.2) is 0 Å². The first kappa shape index (κ1) is 19.7. The van der Waals surface area contributed by atoms with Crippen molar-refractivity contribution in [2.45, 2.75) is 44.1 Å². The zero-order valence-electron chi connectivity index (χ0n) is 15.7. The van der Waals surface area contributed by atoms with Gasteiger partial charge in [0.1, 0.15) is 0 Å². The fourth-order valence-electron chi connectivity index (χ4n) is 4.89. The molecule has 3 atom stereocenters. The zero-order chi connectivity index (χ0) is 19.9. The quantitative estimate of drug-likeness (QED) is 0.683. The lowest BCUT2D eigenvalue weighted by molar-refractivity contribution is -0.138. The molecule has 0 aliphatic carbocycles. The van der Waals surface area contributed by atoms with Crippen LogP contribution in [0.15, 0.2) is 48.5 Å². The van der Waals surface area contributed by atoms with Crippen molar-refractivity contribution >= 4 is 11.6 Å². The van der Waals surface area contributed by atoms with E-state index in [0.29, 0.717) is 16.5 Å². The summed E-state index contributed by atoms with van der Waals surface area (Å²) in [5.41, 5.74) is 0.873. The maximum absolute atomic E-state index is 13.5. The number of nitrogens with zero attached hydrogens (tertiary/aromatic N) is 1. The molecule has 0 amide bonds. The fraction of sp³-hybridized carbons (Fsp3) is 0.455. The van der Waals surface area contributed by atoms with E-state index in [-0.39, 0.29) is 12.1 Å². The molecule has 3 heterocycles. The second-order valence-electron chi connectivity index (χ2n) is 7.87. The molecule has 0 spiro atoms. The first-order valence-electron chi connectivity index (χ1n) is 9.76. The number of benzene rings is 2. The van der Waals surface area contributed by atoms with Crippen LogP contribution in [0.5, 0.6) is 0 Å². The van der Waals surface area contributed by atoms with E-state index in [1.54, 1.807) is 12.1 Å². The third kappa shape index (κ3) is 3.80. The molecule has 2 nitrogen and oxygen atoms in total. The van der Waals surface area contributed by atoms with E-state index in [0.717, 1.165) is 31.5 Å². The number of nitrogens with one attached hydrogen (secondary N) is 1. The maximum atomic E-state index is 13.5. The van der Waals surface area contributed by atoms with E-state index in [2.05, 4.69) is 16.3 Å². The normalized spacial score (nSPS) is 28.3. The van der Waals surface area contributed by atoms with Crippen LogP contribution in [-0.4, -0.2) is 24.0 Å². The zero-order valence-corrected chi connectivity index (χ0v) is 16.5. The Labute approximate surface area is 168 Å². The molecule has 2 aromatic rings. The van der Waals surface area contributed by atoms with Crippen LogP contribution in [0.3, 0.4) is 0 Å². The first-order chi connectivity index (χ1) is 13.3. The molecule has 6 heteroatoms. The second-order valence-corrected chi connectivity index (χ2v) is 8.31. The van der Waals surface area contributed by atoms with Crippen molar-refractivity contribution in [2.75, 3.05) is 13.1 Å². The standard InChI is InChI=1S/C22H24ClF3N2/c1-14(18-7-2-3-8-19(18)22(24,25)26)27-20-15-9-11-28(12-10-15)21(20)16-5-4-6-17(23)13-16/h2-8,13-15,20-21,27H,9-12H2,1H3. The highest BCUT2D eigenvalue weighted by Gasteiger charge is 2.44. The summed E-state index contributed by atoms with van der Waals surface area (Å²) in [6.07, 6.45) is -2.21. The van der Waals surface area contributed by atoms with Gasteiger partial charge in [-0.2, -0.15) is 13.2 Å². The van der Waals surface area contributed by atoms with E-state index < -0.39 is 17.8 Å². The molecular formula is C22H24ClF3N2. The Bertz CT molecular complexity index is 831. The number of halogens is 4. The van der Waals surface area contributed by atoms with E-state index in [1.165, 1.54) is 12.1 Å². The minimum atomic E-state index is -4.35. The Morgan fingerprint density at radius 1 is 1.07 bits per heavy atom. The minimum absolute atomic E-state index is 0.0947. The minimum Gasteiger partial charge on any atom is -0.305 e. The lowest BCUT2D eigenvalue weighted by atomic mass is 9.76. The summed E-state index contributed by atoms with van der Waals surface area (Å²) in [5, 5.41) is 4.25. The molecule has 150 valence electrons. The fourth-order valence-corrected chi connectivity index (χ4v) is 5.09. The van der Waals surface area contributed by atoms with Gasteiger partial charge in [0.2, 0.25) is 0 Å². The van der Waals surface area contributed by atoms with Gasteiger partial charge in [-0.25, -0.2) is 0 Å². The van der Waals surface area contributed by atoms with Crippen LogP contribution in [0.1, 0.15) is 48.5 Å². The summed E-state index contributed by atoms with van der Waals surface area (Å²) in [6.45, 7) is 3.87. The van der Waals surface area contributed by atoms with Gasteiger partial charge in [0.25, 0.3) is 0 Å². The predicted octanol–water partition coefficient (Wildman–Crippen LogP) is 5.84. The molecule has 3 unspecified atom stereocenters. The van der Waals surface area contributed by atoms with Crippen molar-refractivity contribution in [3.63, 3.8) is 0 Å². The highest BCUT2D eigenvalue weighted by atomic mass is 35.5. The number of hydrogen-bond donors (Lipinski definition) is 1. The monoisotopic (exact) mass is 408 g/mol.